The summed E-state index contributed by atoms with van der Waals surface area (Å²) in [6.07, 6.45) is 2.54. The lowest BCUT2D eigenvalue weighted by atomic mass is 9.98. The van der Waals surface area contributed by atoms with Crippen molar-refractivity contribution in [2.45, 2.75) is 31.6 Å². The highest BCUT2D eigenvalue weighted by molar-refractivity contribution is 7.92. The van der Waals surface area contributed by atoms with E-state index < -0.39 is 20.0 Å². The average molecular weight is 480 g/mol. The molecule has 1 heterocycles. The van der Waals surface area contributed by atoms with Gasteiger partial charge in [0.05, 0.1) is 11.2 Å². The van der Waals surface area contributed by atoms with E-state index in [0.29, 0.717) is 49.3 Å². The largest absolute Gasteiger partial charge is 0.352 e. The highest BCUT2D eigenvalue weighted by atomic mass is 32.2. The summed E-state index contributed by atoms with van der Waals surface area (Å²) in [4.78, 5) is 12.8. The van der Waals surface area contributed by atoms with Gasteiger partial charge in [-0.05, 0) is 68.0 Å². The molecule has 0 radical (unpaired) electrons. The average Bonchev–Trinajstić information content (AvgIpc) is 2.71. The summed E-state index contributed by atoms with van der Waals surface area (Å²) < 4.78 is 52.9. The van der Waals surface area contributed by atoms with E-state index in [2.05, 4.69) is 10.0 Å². The standard InChI is InChI=1S/C22H29N3O5S2/c1-16-5-4-6-19(13-16)24-32(29,30)20-8-7-17(2)21(14-20)22(26)23-15-18-9-11-25(12-10-18)31(3,27)28/h4-8,13-14,18,24H,9-12,15H2,1-3H3,(H,23,26). The summed E-state index contributed by atoms with van der Waals surface area (Å²) in [7, 11) is -7.04. The highest BCUT2D eigenvalue weighted by Gasteiger charge is 2.25. The lowest BCUT2D eigenvalue weighted by molar-refractivity contribution is 0.0940. The van der Waals surface area contributed by atoms with Gasteiger partial charge in [-0.15, -0.1) is 0 Å². The molecular formula is C22H29N3O5S2. The molecule has 0 saturated carbocycles. The number of hydrogen-bond donors (Lipinski definition) is 2. The van der Waals surface area contributed by atoms with Crippen molar-refractivity contribution in [3.63, 3.8) is 0 Å². The second kappa shape index (κ2) is 9.60. The molecule has 1 aliphatic heterocycles. The molecular weight excluding hydrogens is 450 g/mol. The zero-order valence-electron chi connectivity index (χ0n) is 18.5. The predicted octanol–water partition coefficient (Wildman–Crippen LogP) is 2.51. The molecule has 2 N–H and O–H groups in total. The van der Waals surface area contributed by atoms with Crippen molar-refractivity contribution < 1.29 is 21.6 Å². The minimum absolute atomic E-state index is 0.0104. The fraction of sp³-hybridized carbons (Fsp3) is 0.409. The molecule has 0 atom stereocenters. The van der Waals surface area contributed by atoms with Crippen LogP contribution in [-0.4, -0.2) is 52.9 Å². The van der Waals surface area contributed by atoms with E-state index in [9.17, 15) is 21.6 Å². The van der Waals surface area contributed by atoms with Gasteiger partial charge in [0, 0.05) is 30.9 Å². The molecule has 2 aromatic rings. The zero-order chi connectivity index (χ0) is 23.5. The monoisotopic (exact) mass is 479 g/mol. The van der Waals surface area contributed by atoms with E-state index in [4.69, 9.17) is 0 Å². The third kappa shape index (κ3) is 6.08. The molecule has 3 rings (SSSR count). The van der Waals surface area contributed by atoms with Crippen LogP contribution in [0.15, 0.2) is 47.4 Å². The number of carbonyl (C=O) groups excluding carboxylic acids is 1. The van der Waals surface area contributed by atoms with E-state index >= 15 is 0 Å². The Hall–Kier alpha value is -2.43. The second-order valence-electron chi connectivity index (χ2n) is 8.27. The van der Waals surface area contributed by atoms with Crippen LogP contribution in [0.3, 0.4) is 0 Å². The third-order valence-corrected chi connectivity index (χ3v) is 8.31. The first kappa shape index (κ1) is 24.2. The maximum absolute atomic E-state index is 12.8. The van der Waals surface area contributed by atoms with Crippen molar-refractivity contribution in [3.05, 3.63) is 59.2 Å². The molecule has 0 aliphatic carbocycles. The van der Waals surface area contributed by atoms with Gasteiger partial charge < -0.3 is 5.32 Å². The lowest BCUT2D eigenvalue weighted by Crippen LogP contribution is -2.41. The minimum atomic E-state index is -3.85. The SMILES string of the molecule is Cc1cccc(NS(=O)(=O)c2ccc(C)c(C(=O)NCC3CCN(S(C)(=O)=O)CC3)c2)c1. The van der Waals surface area contributed by atoms with Crippen LogP contribution in [0.2, 0.25) is 0 Å². The molecule has 0 bridgehead atoms. The number of sulfonamides is 2. The number of carbonyl (C=O) groups is 1. The van der Waals surface area contributed by atoms with Gasteiger partial charge in [-0.25, -0.2) is 21.1 Å². The molecule has 32 heavy (non-hydrogen) atoms. The number of hydrogen-bond acceptors (Lipinski definition) is 5. The number of nitrogens with one attached hydrogen (secondary N) is 2. The predicted molar refractivity (Wildman–Crippen MR) is 125 cm³/mol. The van der Waals surface area contributed by atoms with Gasteiger partial charge in [-0.2, -0.15) is 0 Å². The Labute approximate surface area is 190 Å². The van der Waals surface area contributed by atoms with Crippen LogP contribution in [0.5, 0.6) is 0 Å². The summed E-state index contributed by atoms with van der Waals surface area (Å²) in [6.45, 7) is 4.92. The fourth-order valence-electron chi connectivity index (χ4n) is 3.71. The zero-order valence-corrected chi connectivity index (χ0v) is 20.1. The molecule has 1 amide bonds. The summed E-state index contributed by atoms with van der Waals surface area (Å²) in [5, 5.41) is 2.88. The van der Waals surface area contributed by atoms with Crippen LogP contribution in [0, 0.1) is 19.8 Å². The number of benzene rings is 2. The van der Waals surface area contributed by atoms with E-state index in [1.807, 2.05) is 13.0 Å². The Morgan fingerprint density at radius 2 is 1.72 bits per heavy atom. The smallest absolute Gasteiger partial charge is 0.261 e. The fourth-order valence-corrected chi connectivity index (χ4v) is 5.66. The molecule has 1 saturated heterocycles. The van der Waals surface area contributed by atoms with Crippen LogP contribution >= 0.6 is 0 Å². The molecule has 8 nitrogen and oxygen atoms in total. The quantitative estimate of drug-likeness (QED) is 0.634. The second-order valence-corrected chi connectivity index (χ2v) is 11.9. The topological polar surface area (TPSA) is 113 Å². The van der Waals surface area contributed by atoms with Gasteiger partial charge in [0.15, 0.2) is 0 Å². The summed E-state index contributed by atoms with van der Waals surface area (Å²) in [6, 6.07) is 11.5. The molecule has 10 heteroatoms. The number of nitrogens with zero attached hydrogens (tertiary/aromatic N) is 1. The molecule has 1 fully saturated rings. The lowest BCUT2D eigenvalue weighted by Gasteiger charge is -2.30. The Morgan fingerprint density at radius 1 is 1.03 bits per heavy atom. The van der Waals surface area contributed by atoms with Crippen molar-refractivity contribution in [1.29, 1.82) is 0 Å². The van der Waals surface area contributed by atoms with Gasteiger partial charge >= 0.3 is 0 Å². The van der Waals surface area contributed by atoms with Crippen LogP contribution in [-0.2, 0) is 20.0 Å². The third-order valence-electron chi connectivity index (χ3n) is 5.63. The molecule has 2 aromatic carbocycles. The van der Waals surface area contributed by atoms with Crippen LogP contribution in [0.25, 0.3) is 0 Å². The summed E-state index contributed by atoms with van der Waals surface area (Å²) >= 11 is 0. The molecule has 174 valence electrons. The van der Waals surface area contributed by atoms with Crippen molar-refractivity contribution in [3.8, 4) is 0 Å². The molecule has 1 aliphatic rings. The van der Waals surface area contributed by atoms with E-state index in [0.717, 1.165) is 5.56 Å². The van der Waals surface area contributed by atoms with Gasteiger partial charge in [0.25, 0.3) is 15.9 Å². The number of amides is 1. The molecule has 0 unspecified atom stereocenters. The molecule has 0 spiro atoms. The van der Waals surface area contributed by atoms with Gasteiger partial charge in [-0.3, -0.25) is 9.52 Å². The first-order valence-electron chi connectivity index (χ1n) is 10.4. The maximum atomic E-state index is 12.8. The van der Waals surface area contributed by atoms with Crippen molar-refractivity contribution in [1.82, 2.24) is 9.62 Å². The van der Waals surface area contributed by atoms with Crippen molar-refractivity contribution in [2.24, 2.45) is 5.92 Å². The minimum Gasteiger partial charge on any atom is -0.352 e. The van der Waals surface area contributed by atoms with Crippen molar-refractivity contribution >= 4 is 31.6 Å². The number of anilines is 1. The van der Waals surface area contributed by atoms with Gasteiger partial charge in [0.1, 0.15) is 0 Å². The Morgan fingerprint density at radius 3 is 2.34 bits per heavy atom. The molecule has 0 aromatic heterocycles. The summed E-state index contributed by atoms with van der Waals surface area (Å²) in [5.41, 5.74) is 2.35. The first-order chi connectivity index (χ1) is 15.0. The Bertz CT molecular complexity index is 1200. The van der Waals surface area contributed by atoms with Crippen LogP contribution in [0.4, 0.5) is 5.69 Å². The number of rotatable bonds is 7. The van der Waals surface area contributed by atoms with Crippen LogP contribution < -0.4 is 10.0 Å². The Balaban J connectivity index is 1.67. The number of piperidine rings is 1. The van der Waals surface area contributed by atoms with Gasteiger partial charge in [-0.1, -0.05) is 18.2 Å². The normalized spacial score (nSPS) is 16.0. The maximum Gasteiger partial charge on any atom is 0.261 e. The highest BCUT2D eigenvalue weighted by Crippen LogP contribution is 2.21. The van der Waals surface area contributed by atoms with Gasteiger partial charge in [0.2, 0.25) is 10.0 Å². The van der Waals surface area contributed by atoms with E-state index in [-0.39, 0.29) is 16.7 Å². The van der Waals surface area contributed by atoms with E-state index in [1.165, 1.54) is 22.7 Å². The number of aryl methyl sites for hydroxylation is 2. The van der Waals surface area contributed by atoms with E-state index in [1.54, 1.807) is 31.2 Å². The van der Waals surface area contributed by atoms with Crippen molar-refractivity contribution in [2.75, 3.05) is 30.6 Å². The van der Waals surface area contributed by atoms with Crippen LogP contribution in [0.1, 0.15) is 34.3 Å². The Kier molecular flexibility index (Phi) is 7.26. The summed E-state index contributed by atoms with van der Waals surface area (Å²) in [5.74, 6) is -0.173. The first-order valence-corrected chi connectivity index (χ1v) is 13.7.